The molecule has 0 unspecified atom stereocenters. The maximum atomic E-state index is 12.2. The summed E-state index contributed by atoms with van der Waals surface area (Å²) in [6.07, 6.45) is 0. The Balaban J connectivity index is 2.25. The number of anilines is 1. The molecule has 2 rings (SSSR count). The van der Waals surface area contributed by atoms with E-state index in [1.54, 1.807) is 0 Å². The first-order chi connectivity index (χ1) is 12.1. The number of benzene rings is 1. The van der Waals surface area contributed by atoms with Crippen molar-refractivity contribution in [2.75, 3.05) is 11.1 Å². The largest absolute Gasteiger partial charge is 0.506 e. The standard InChI is InChI=1S/C15H18N4O6S/c1-4-26(24,25)11-5-6-13(20)12(7-11)16-14(21)8-18-10(3)15(19(22)23)9(2)17-18/h5-7,20H,4,8H2,1-3H3,(H,16,21). The highest BCUT2D eigenvalue weighted by Gasteiger charge is 2.23. The number of carbonyl (C=O) groups excluding carboxylic acids is 1. The molecular formula is C15H18N4O6S. The van der Waals surface area contributed by atoms with Crippen molar-refractivity contribution in [3.05, 3.63) is 39.7 Å². The van der Waals surface area contributed by atoms with Crippen LogP contribution in [0.1, 0.15) is 18.3 Å². The number of nitro groups is 1. The van der Waals surface area contributed by atoms with Crippen LogP contribution in [-0.4, -0.2) is 39.9 Å². The van der Waals surface area contributed by atoms with Crippen molar-refractivity contribution in [3.63, 3.8) is 0 Å². The molecule has 0 spiro atoms. The van der Waals surface area contributed by atoms with Crippen LogP contribution in [0.4, 0.5) is 11.4 Å². The van der Waals surface area contributed by atoms with E-state index in [1.807, 2.05) is 0 Å². The molecule has 26 heavy (non-hydrogen) atoms. The predicted octanol–water partition coefficient (Wildman–Crippen LogP) is 1.55. The fraction of sp³-hybridized carbons (Fsp3) is 0.333. The van der Waals surface area contributed by atoms with Crippen LogP contribution >= 0.6 is 0 Å². The molecule has 11 heteroatoms. The Labute approximate surface area is 149 Å². The highest BCUT2D eigenvalue weighted by Crippen LogP contribution is 2.27. The second-order valence-electron chi connectivity index (χ2n) is 5.56. The third-order valence-corrected chi connectivity index (χ3v) is 5.53. The van der Waals surface area contributed by atoms with E-state index in [1.165, 1.54) is 37.6 Å². The van der Waals surface area contributed by atoms with Gasteiger partial charge in [-0.3, -0.25) is 19.6 Å². The molecule has 0 aliphatic carbocycles. The molecule has 140 valence electrons. The molecule has 0 radical (unpaired) electrons. The number of nitrogens with one attached hydrogen (secondary N) is 1. The highest BCUT2D eigenvalue weighted by molar-refractivity contribution is 7.91. The summed E-state index contributed by atoms with van der Waals surface area (Å²) in [5.41, 5.74) is 0.158. The Morgan fingerprint density at radius 2 is 2.04 bits per heavy atom. The molecule has 0 aliphatic heterocycles. The minimum Gasteiger partial charge on any atom is -0.506 e. The lowest BCUT2D eigenvalue weighted by atomic mass is 10.3. The van der Waals surface area contributed by atoms with Crippen molar-refractivity contribution in [3.8, 4) is 5.75 Å². The monoisotopic (exact) mass is 382 g/mol. The van der Waals surface area contributed by atoms with Crippen LogP contribution in [0.25, 0.3) is 0 Å². The molecule has 2 aromatic rings. The van der Waals surface area contributed by atoms with E-state index in [4.69, 9.17) is 0 Å². The summed E-state index contributed by atoms with van der Waals surface area (Å²) in [7, 11) is -3.51. The van der Waals surface area contributed by atoms with E-state index in [0.717, 1.165) is 6.07 Å². The number of aromatic hydroxyl groups is 1. The van der Waals surface area contributed by atoms with Gasteiger partial charge in [-0.05, 0) is 32.0 Å². The van der Waals surface area contributed by atoms with Crippen molar-refractivity contribution < 1.29 is 23.2 Å². The van der Waals surface area contributed by atoms with Crippen molar-refractivity contribution in [1.29, 1.82) is 0 Å². The highest BCUT2D eigenvalue weighted by atomic mass is 32.2. The van der Waals surface area contributed by atoms with Gasteiger partial charge in [0.2, 0.25) is 5.91 Å². The Hall–Kier alpha value is -2.95. The smallest absolute Gasteiger partial charge is 0.312 e. The van der Waals surface area contributed by atoms with Crippen LogP contribution in [0.3, 0.4) is 0 Å². The minimum atomic E-state index is -3.51. The average Bonchev–Trinajstić information content (AvgIpc) is 2.83. The molecule has 1 heterocycles. The summed E-state index contributed by atoms with van der Waals surface area (Å²) >= 11 is 0. The van der Waals surface area contributed by atoms with Gasteiger partial charge < -0.3 is 10.4 Å². The number of phenolic OH excluding ortho intramolecular Hbond substituents is 1. The Morgan fingerprint density at radius 3 is 2.58 bits per heavy atom. The minimum absolute atomic E-state index is 0.0325. The SMILES string of the molecule is CCS(=O)(=O)c1ccc(O)c(NC(=O)Cn2nc(C)c([N+](=O)[O-])c2C)c1. The summed E-state index contributed by atoms with van der Waals surface area (Å²) < 4.78 is 25.0. The van der Waals surface area contributed by atoms with Gasteiger partial charge >= 0.3 is 5.69 Å². The van der Waals surface area contributed by atoms with Crippen LogP contribution in [0, 0.1) is 24.0 Å². The third-order valence-electron chi connectivity index (χ3n) is 3.80. The maximum absolute atomic E-state index is 12.2. The number of amides is 1. The Kier molecular flexibility index (Phi) is 5.30. The Bertz CT molecular complexity index is 980. The fourth-order valence-electron chi connectivity index (χ4n) is 2.41. The zero-order chi connectivity index (χ0) is 19.6. The lowest BCUT2D eigenvalue weighted by Gasteiger charge is -2.10. The van der Waals surface area contributed by atoms with E-state index in [2.05, 4.69) is 10.4 Å². The Morgan fingerprint density at radius 1 is 1.38 bits per heavy atom. The molecule has 1 aromatic heterocycles. The number of nitrogens with zero attached hydrogens (tertiary/aromatic N) is 3. The van der Waals surface area contributed by atoms with Gasteiger partial charge in [0.15, 0.2) is 9.84 Å². The number of hydrogen-bond acceptors (Lipinski definition) is 7. The summed E-state index contributed by atoms with van der Waals surface area (Å²) in [5, 5.41) is 27.2. The van der Waals surface area contributed by atoms with Gasteiger partial charge in [-0.1, -0.05) is 6.92 Å². The second kappa shape index (κ2) is 7.12. The van der Waals surface area contributed by atoms with Crippen molar-refractivity contribution in [2.24, 2.45) is 0 Å². The van der Waals surface area contributed by atoms with Crippen LogP contribution in [0.5, 0.6) is 5.75 Å². The van der Waals surface area contributed by atoms with Gasteiger partial charge in [0, 0.05) is 0 Å². The molecule has 0 saturated carbocycles. The number of aromatic nitrogens is 2. The summed E-state index contributed by atoms with van der Waals surface area (Å²) in [4.78, 5) is 22.6. The average molecular weight is 382 g/mol. The molecule has 0 atom stereocenters. The van der Waals surface area contributed by atoms with E-state index in [-0.39, 0.29) is 45.7 Å². The second-order valence-corrected chi connectivity index (χ2v) is 7.84. The van der Waals surface area contributed by atoms with Crippen LogP contribution in [-0.2, 0) is 21.2 Å². The molecule has 1 aromatic carbocycles. The van der Waals surface area contributed by atoms with E-state index >= 15 is 0 Å². The van der Waals surface area contributed by atoms with Crippen LogP contribution in [0.2, 0.25) is 0 Å². The predicted molar refractivity (Wildman–Crippen MR) is 92.8 cm³/mol. The zero-order valence-corrected chi connectivity index (χ0v) is 15.2. The molecule has 0 aliphatic rings. The lowest BCUT2D eigenvalue weighted by Crippen LogP contribution is -2.20. The number of aryl methyl sites for hydroxylation is 1. The van der Waals surface area contributed by atoms with E-state index in [9.17, 15) is 28.4 Å². The molecule has 0 fully saturated rings. The first kappa shape index (κ1) is 19.4. The number of phenols is 1. The number of rotatable bonds is 6. The fourth-order valence-corrected chi connectivity index (χ4v) is 3.31. The van der Waals surface area contributed by atoms with E-state index < -0.39 is 20.7 Å². The van der Waals surface area contributed by atoms with E-state index in [0.29, 0.717) is 0 Å². The van der Waals surface area contributed by atoms with Crippen molar-refractivity contribution in [1.82, 2.24) is 9.78 Å². The van der Waals surface area contributed by atoms with Gasteiger partial charge in [0.1, 0.15) is 23.7 Å². The molecule has 0 saturated heterocycles. The number of hydrogen-bond donors (Lipinski definition) is 2. The number of sulfone groups is 1. The molecular weight excluding hydrogens is 364 g/mol. The normalized spacial score (nSPS) is 11.3. The quantitative estimate of drug-likeness (QED) is 0.438. The molecule has 0 bridgehead atoms. The van der Waals surface area contributed by atoms with Crippen LogP contribution < -0.4 is 5.32 Å². The summed E-state index contributed by atoms with van der Waals surface area (Å²) in [5.74, 6) is -1.04. The first-order valence-electron chi connectivity index (χ1n) is 7.60. The van der Waals surface area contributed by atoms with Gasteiger partial charge in [-0.2, -0.15) is 5.10 Å². The topological polar surface area (TPSA) is 144 Å². The summed E-state index contributed by atoms with van der Waals surface area (Å²) in [6.45, 7) is 4.09. The van der Waals surface area contributed by atoms with Crippen molar-refractivity contribution >= 4 is 27.1 Å². The van der Waals surface area contributed by atoms with Crippen LogP contribution in [0.15, 0.2) is 23.1 Å². The van der Waals surface area contributed by atoms with Crippen molar-refractivity contribution in [2.45, 2.75) is 32.2 Å². The van der Waals surface area contributed by atoms with Gasteiger partial charge in [-0.25, -0.2) is 8.42 Å². The third kappa shape index (κ3) is 3.82. The first-order valence-corrected chi connectivity index (χ1v) is 9.26. The molecule has 10 nitrogen and oxygen atoms in total. The molecule has 2 N–H and O–H groups in total. The van der Waals surface area contributed by atoms with Gasteiger partial charge in [-0.15, -0.1) is 0 Å². The zero-order valence-electron chi connectivity index (χ0n) is 14.4. The maximum Gasteiger partial charge on any atom is 0.312 e. The molecule has 1 amide bonds. The van der Waals surface area contributed by atoms with Gasteiger partial charge in [0.05, 0.1) is 21.3 Å². The number of carbonyl (C=O) groups is 1. The lowest BCUT2D eigenvalue weighted by molar-refractivity contribution is -0.386. The van der Waals surface area contributed by atoms with Gasteiger partial charge in [0.25, 0.3) is 0 Å². The summed E-state index contributed by atoms with van der Waals surface area (Å²) in [6, 6.07) is 3.58.